The fourth-order valence-corrected chi connectivity index (χ4v) is 2.62. The Morgan fingerprint density at radius 1 is 1.12 bits per heavy atom. The van der Waals surface area contributed by atoms with Gasteiger partial charge in [-0.15, -0.1) is 0 Å². The molecule has 24 heavy (non-hydrogen) atoms. The molecule has 0 radical (unpaired) electrons. The fraction of sp³-hybridized carbons (Fsp3) is 0.167. The van der Waals surface area contributed by atoms with E-state index in [1.165, 1.54) is 6.08 Å². The first-order valence-electron chi connectivity index (χ1n) is 7.36. The highest BCUT2D eigenvalue weighted by Crippen LogP contribution is 2.34. The summed E-state index contributed by atoms with van der Waals surface area (Å²) in [5.41, 5.74) is 1.74. The number of amides is 1. The van der Waals surface area contributed by atoms with Crippen molar-refractivity contribution >= 4 is 35.2 Å². The minimum absolute atomic E-state index is 0.162. The van der Waals surface area contributed by atoms with Crippen molar-refractivity contribution in [3.8, 4) is 11.5 Å². The number of nitrogens with one attached hydrogen (secondary N) is 1. The molecule has 0 spiro atoms. The van der Waals surface area contributed by atoms with Gasteiger partial charge in [0.2, 0.25) is 12.7 Å². The quantitative estimate of drug-likeness (QED) is 0.806. The van der Waals surface area contributed by atoms with E-state index in [-0.39, 0.29) is 18.7 Å². The lowest BCUT2D eigenvalue weighted by Gasteiger charge is -2.13. The van der Waals surface area contributed by atoms with Crippen molar-refractivity contribution in [2.75, 3.05) is 6.79 Å². The first kappa shape index (κ1) is 16.7. The van der Waals surface area contributed by atoms with Crippen LogP contribution in [0, 0.1) is 0 Å². The highest BCUT2D eigenvalue weighted by molar-refractivity contribution is 6.42. The van der Waals surface area contributed by atoms with Crippen molar-refractivity contribution in [3.63, 3.8) is 0 Å². The van der Waals surface area contributed by atoms with Crippen molar-refractivity contribution in [2.45, 2.75) is 13.0 Å². The topological polar surface area (TPSA) is 47.6 Å². The number of carbonyl (C=O) groups is 1. The maximum Gasteiger partial charge on any atom is 0.244 e. The van der Waals surface area contributed by atoms with E-state index in [9.17, 15) is 4.79 Å². The maximum absolute atomic E-state index is 12.1. The summed E-state index contributed by atoms with van der Waals surface area (Å²) in [5.74, 6) is 1.21. The lowest BCUT2D eigenvalue weighted by Crippen LogP contribution is -2.24. The van der Waals surface area contributed by atoms with Gasteiger partial charge in [-0.05, 0) is 48.4 Å². The van der Waals surface area contributed by atoms with E-state index in [1.807, 2.05) is 25.1 Å². The van der Waals surface area contributed by atoms with Crippen LogP contribution in [0.15, 0.2) is 42.5 Å². The summed E-state index contributed by atoms with van der Waals surface area (Å²) < 4.78 is 10.6. The van der Waals surface area contributed by atoms with Gasteiger partial charge < -0.3 is 14.8 Å². The van der Waals surface area contributed by atoms with Crippen LogP contribution in [0.25, 0.3) is 6.08 Å². The van der Waals surface area contributed by atoms with E-state index in [0.29, 0.717) is 15.8 Å². The molecular formula is C18H15Cl2NO3. The first-order chi connectivity index (χ1) is 11.5. The van der Waals surface area contributed by atoms with Crippen LogP contribution in [0.1, 0.15) is 24.1 Å². The number of hydrogen-bond acceptors (Lipinski definition) is 3. The molecule has 124 valence electrons. The molecule has 0 bridgehead atoms. The Balaban J connectivity index is 1.63. The van der Waals surface area contributed by atoms with Gasteiger partial charge in [0.15, 0.2) is 11.5 Å². The molecule has 1 amide bonds. The molecule has 6 heteroatoms. The van der Waals surface area contributed by atoms with Gasteiger partial charge in [0.05, 0.1) is 16.1 Å². The molecule has 0 aliphatic carbocycles. The van der Waals surface area contributed by atoms with E-state index < -0.39 is 0 Å². The zero-order valence-corrected chi connectivity index (χ0v) is 14.4. The highest BCUT2D eigenvalue weighted by Gasteiger charge is 2.16. The molecule has 1 unspecified atom stereocenters. The first-order valence-corrected chi connectivity index (χ1v) is 8.12. The Morgan fingerprint density at radius 3 is 2.71 bits per heavy atom. The zero-order chi connectivity index (χ0) is 17.1. The van der Waals surface area contributed by atoms with Crippen LogP contribution in [-0.4, -0.2) is 12.7 Å². The number of halogens is 2. The number of hydrogen-bond donors (Lipinski definition) is 1. The Labute approximate surface area is 150 Å². The molecule has 0 saturated carbocycles. The third-order valence-corrected chi connectivity index (χ3v) is 4.37. The SMILES string of the molecule is CC(NC(=O)/C=C/c1ccc(Cl)c(Cl)c1)c1ccc2c(c1)OCO2. The van der Waals surface area contributed by atoms with Crippen LogP contribution < -0.4 is 14.8 Å². The number of ether oxygens (including phenoxy) is 2. The van der Waals surface area contributed by atoms with Gasteiger partial charge in [0.1, 0.15) is 0 Å². The lowest BCUT2D eigenvalue weighted by molar-refractivity contribution is -0.117. The Bertz CT molecular complexity index is 805. The van der Waals surface area contributed by atoms with Crippen LogP contribution in [0.2, 0.25) is 10.0 Å². The van der Waals surface area contributed by atoms with Gasteiger partial charge in [-0.1, -0.05) is 35.3 Å². The second-order valence-electron chi connectivity index (χ2n) is 5.35. The van der Waals surface area contributed by atoms with Crippen LogP contribution in [0.3, 0.4) is 0 Å². The van der Waals surface area contributed by atoms with Crippen LogP contribution in [0.5, 0.6) is 11.5 Å². The summed E-state index contributed by atoms with van der Waals surface area (Å²) in [7, 11) is 0. The zero-order valence-electron chi connectivity index (χ0n) is 12.9. The fourth-order valence-electron chi connectivity index (χ4n) is 2.32. The van der Waals surface area contributed by atoms with Crippen LogP contribution in [0.4, 0.5) is 0 Å². The molecule has 0 aromatic heterocycles. The normalized spacial score (nSPS) is 14.0. The Hall–Kier alpha value is -2.17. The molecule has 1 heterocycles. The van der Waals surface area contributed by atoms with Crippen molar-refractivity contribution in [1.29, 1.82) is 0 Å². The largest absolute Gasteiger partial charge is 0.454 e. The minimum Gasteiger partial charge on any atom is -0.454 e. The summed E-state index contributed by atoms with van der Waals surface area (Å²) in [6, 6.07) is 10.6. The van der Waals surface area contributed by atoms with E-state index in [2.05, 4.69) is 5.32 Å². The molecule has 1 aliphatic rings. The summed E-state index contributed by atoms with van der Waals surface area (Å²) >= 11 is 11.8. The predicted octanol–water partition coefficient (Wildman–Crippen LogP) is 4.61. The van der Waals surface area contributed by atoms with Crippen molar-refractivity contribution in [2.24, 2.45) is 0 Å². The van der Waals surface area contributed by atoms with E-state index in [4.69, 9.17) is 32.7 Å². The van der Waals surface area contributed by atoms with Crippen LogP contribution in [-0.2, 0) is 4.79 Å². The summed E-state index contributed by atoms with van der Waals surface area (Å²) in [4.78, 5) is 12.1. The molecule has 0 saturated heterocycles. The molecule has 1 atom stereocenters. The van der Waals surface area contributed by atoms with E-state index in [1.54, 1.807) is 24.3 Å². The summed E-state index contributed by atoms with van der Waals surface area (Å²) in [6.07, 6.45) is 3.15. The molecular weight excluding hydrogens is 349 g/mol. The average Bonchev–Trinajstić information content (AvgIpc) is 3.03. The van der Waals surface area contributed by atoms with Crippen molar-refractivity contribution in [3.05, 3.63) is 63.6 Å². The second-order valence-corrected chi connectivity index (χ2v) is 6.16. The number of rotatable bonds is 4. The van der Waals surface area contributed by atoms with Gasteiger partial charge in [-0.2, -0.15) is 0 Å². The van der Waals surface area contributed by atoms with Gasteiger partial charge in [0.25, 0.3) is 0 Å². The highest BCUT2D eigenvalue weighted by atomic mass is 35.5. The van der Waals surface area contributed by atoms with Crippen LogP contribution >= 0.6 is 23.2 Å². The molecule has 2 aromatic rings. The molecule has 3 rings (SSSR count). The molecule has 2 aromatic carbocycles. The van der Waals surface area contributed by atoms with Gasteiger partial charge >= 0.3 is 0 Å². The second kappa shape index (κ2) is 7.16. The van der Waals surface area contributed by atoms with Gasteiger partial charge in [-0.25, -0.2) is 0 Å². The van der Waals surface area contributed by atoms with Gasteiger partial charge in [0, 0.05) is 6.08 Å². The van der Waals surface area contributed by atoms with Gasteiger partial charge in [-0.3, -0.25) is 4.79 Å². The predicted molar refractivity (Wildman–Crippen MR) is 94.6 cm³/mol. The summed E-state index contributed by atoms with van der Waals surface area (Å²) in [6.45, 7) is 2.13. The third kappa shape index (κ3) is 3.83. The summed E-state index contributed by atoms with van der Waals surface area (Å²) in [5, 5.41) is 3.84. The van der Waals surface area contributed by atoms with Crippen molar-refractivity contribution in [1.82, 2.24) is 5.32 Å². The number of carbonyl (C=O) groups excluding carboxylic acids is 1. The van der Waals surface area contributed by atoms with E-state index in [0.717, 1.165) is 16.9 Å². The smallest absolute Gasteiger partial charge is 0.244 e. The third-order valence-electron chi connectivity index (χ3n) is 3.63. The van der Waals surface area contributed by atoms with Crippen molar-refractivity contribution < 1.29 is 14.3 Å². The Kier molecular flexibility index (Phi) is 4.97. The molecule has 1 N–H and O–H groups in total. The maximum atomic E-state index is 12.1. The number of fused-ring (bicyclic) bond motifs is 1. The van der Waals surface area contributed by atoms with E-state index >= 15 is 0 Å². The lowest BCUT2D eigenvalue weighted by atomic mass is 10.1. The average molecular weight is 364 g/mol. The standard InChI is InChI=1S/C18H15Cl2NO3/c1-11(13-4-6-16-17(9-13)24-10-23-16)21-18(22)7-3-12-2-5-14(19)15(20)8-12/h2-9,11H,10H2,1H3,(H,21,22)/b7-3+. The Morgan fingerprint density at radius 2 is 1.92 bits per heavy atom. The number of benzene rings is 2. The molecule has 4 nitrogen and oxygen atoms in total. The molecule has 0 fully saturated rings. The monoisotopic (exact) mass is 363 g/mol. The molecule has 1 aliphatic heterocycles. The minimum atomic E-state index is -0.203.